The number of ether oxygens (including phenoxy) is 1. The number of rotatable bonds is 3. The molecule has 1 heterocycles. The van der Waals surface area contributed by atoms with Crippen LogP contribution in [0.3, 0.4) is 0 Å². The molecule has 0 aromatic rings. The molecule has 4 nitrogen and oxygen atoms in total. The molecule has 1 unspecified atom stereocenters. The van der Waals surface area contributed by atoms with E-state index in [1.165, 1.54) is 6.42 Å². The van der Waals surface area contributed by atoms with Crippen LogP contribution < -0.4 is 5.73 Å². The van der Waals surface area contributed by atoms with E-state index < -0.39 is 5.60 Å². The Morgan fingerprint density at radius 3 is 2.72 bits per heavy atom. The van der Waals surface area contributed by atoms with Crippen LogP contribution in [0.4, 0.5) is 4.79 Å². The number of hydrogen-bond acceptors (Lipinski definition) is 3. The Morgan fingerprint density at radius 2 is 2.17 bits per heavy atom. The van der Waals surface area contributed by atoms with Gasteiger partial charge in [0.15, 0.2) is 0 Å². The van der Waals surface area contributed by atoms with E-state index in [0.29, 0.717) is 5.92 Å². The number of amides is 1. The summed E-state index contributed by atoms with van der Waals surface area (Å²) < 4.78 is 5.41. The second-order valence-corrected chi connectivity index (χ2v) is 6.49. The first-order chi connectivity index (χ1) is 8.28. The molecular weight excluding hydrogens is 228 g/mol. The third kappa shape index (κ3) is 5.71. The Labute approximate surface area is 111 Å². The maximum absolute atomic E-state index is 12.0. The Balaban J connectivity index is 2.40. The summed E-state index contributed by atoms with van der Waals surface area (Å²) in [5, 5.41) is 0. The number of likely N-dealkylation sites (tertiary alicyclic amines) is 1. The lowest BCUT2D eigenvalue weighted by Crippen LogP contribution is -2.43. The van der Waals surface area contributed by atoms with Gasteiger partial charge in [0.1, 0.15) is 5.60 Å². The molecule has 1 fully saturated rings. The van der Waals surface area contributed by atoms with Gasteiger partial charge < -0.3 is 15.4 Å². The number of piperidine rings is 1. The molecule has 0 aromatic heterocycles. The summed E-state index contributed by atoms with van der Waals surface area (Å²) in [5.74, 6) is 0.581. The number of carbonyl (C=O) groups excluding carboxylic acids is 1. The lowest BCUT2D eigenvalue weighted by molar-refractivity contribution is 0.0160. The number of nitrogens with zero attached hydrogens (tertiary/aromatic N) is 1. The van der Waals surface area contributed by atoms with E-state index in [1.54, 1.807) is 0 Å². The standard InChI is InChI=1S/C14H28N2O2/c1-11(15)7-8-12-6-5-9-16(10-12)13(17)18-14(2,3)4/h11-12H,5-10,15H2,1-4H3/t11-,12?/m0/s1. The molecule has 0 aliphatic carbocycles. The highest BCUT2D eigenvalue weighted by Crippen LogP contribution is 2.23. The smallest absolute Gasteiger partial charge is 0.410 e. The van der Waals surface area contributed by atoms with Crippen molar-refractivity contribution in [2.75, 3.05) is 13.1 Å². The lowest BCUT2D eigenvalue weighted by atomic mass is 9.92. The highest BCUT2D eigenvalue weighted by molar-refractivity contribution is 5.68. The van der Waals surface area contributed by atoms with E-state index in [1.807, 2.05) is 32.6 Å². The summed E-state index contributed by atoms with van der Waals surface area (Å²) in [4.78, 5) is 13.8. The van der Waals surface area contributed by atoms with Crippen molar-refractivity contribution in [1.82, 2.24) is 4.90 Å². The second-order valence-electron chi connectivity index (χ2n) is 6.49. The summed E-state index contributed by atoms with van der Waals surface area (Å²) in [6, 6.07) is 0.252. The summed E-state index contributed by atoms with van der Waals surface area (Å²) >= 11 is 0. The van der Waals surface area contributed by atoms with E-state index >= 15 is 0 Å². The van der Waals surface area contributed by atoms with Crippen LogP contribution >= 0.6 is 0 Å². The molecule has 0 bridgehead atoms. The van der Waals surface area contributed by atoms with Crippen LogP contribution in [0.2, 0.25) is 0 Å². The number of hydrogen-bond donors (Lipinski definition) is 1. The lowest BCUT2D eigenvalue weighted by Gasteiger charge is -2.34. The van der Waals surface area contributed by atoms with Crippen LogP contribution in [0.5, 0.6) is 0 Å². The molecule has 1 rings (SSSR count). The normalized spacial score (nSPS) is 22.7. The van der Waals surface area contributed by atoms with Gasteiger partial charge in [-0.25, -0.2) is 4.79 Å². The van der Waals surface area contributed by atoms with E-state index in [4.69, 9.17) is 10.5 Å². The summed E-state index contributed by atoms with van der Waals surface area (Å²) in [6.07, 6.45) is 4.24. The fourth-order valence-electron chi connectivity index (χ4n) is 2.29. The molecule has 2 N–H and O–H groups in total. The quantitative estimate of drug-likeness (QED) is 0.844. The van der Waals surface area contributed by atoms with Crippen LogP contribution in [-0.4, -0.2) is 35.7 Å². The fourth-order valence-corrected chi connectivity index (χ4v) is 2.29. The molecule has 0 saturated carbocycles. The molecule has 1 aliphatic heterocycles. The molecule has 1 amide bonds. The number of nitrogens with two attached hydrogens (primary N) is 1. The molecule has 0 aromatic carbocycles. The minimum Gasteiger partial charge on any atom is -0.444 e. The molecule has 2 atom stereocenters. The Hall–Kier alpha value is -0.770. The molecule has 0 radical (unpaired) electrons. The van der Waals surface area contributed by atoms with Gasteiger partial charge in [-0.05, 0) is 59.3 Å². The van der Waals surface area contributed by atoms with Gasteiger partial charge in [0.25, 0.3) is 0 Å². The summed E-state index contributed by atoms with van der Waals surface area (Å²) in [5.41, 5.74) is 5.38. The monoisotopic (exact) mass is 256 g/mol. The maximum Gasteiger partial charge on any atom is 0.410 e. The fraction of sp³-hybridized carbons (Fsp3) is 0.929. The first-order valence-corrected chi connectivity index (χ1v) is 7.01. The van der Waals surface area contributed by atoms with Gasteiger partial charge in [0, 0.05) is 19.1 Å². The van der Waals surface area contributed by atoms with Crippen molar-refractivity contribution >= 4 is 6.09 Å². The van der Waals surface area contributed by atoms with E-state index in [2.05, 4.69) is 0 Å². The predicted molar refractivity (Wildman–Crippen MR) is 73.4 cm³/mol. The van der Waals surface area contributed by atoms with Crippen molar-refractivity contribution < 1.29 is 9.53 Å². The second kappa shape index (κ2) is 6.41. The van der Waals surface area contributed by atoms with Crippen molar-refractivity contribution in [1.29, 1.82) is 0 Å². The van der Waals surface area contributed by atoms with Gasteiger partial charge >= 0.3 is 6.09 Å². The van der Waals surface area contributed by atoms with Gasteiger partial charge in [-0.15, -0.1) is 0 Å². The first kappa shape index (κ1) is 15.3. The van der Waals surface area contributed by atoms with Crippen molar-refractivity contribution in [3.63, 3.8) is 0 Å². The zero-order chi connectivity index (χ0) is 13.8. The Morgan fingerprint density at radius 1 is 1.50 bits per heavy atom. The van der Waals surface area contributed by atoms with Crippen LogP contribution in [0.1, 0.15) is 53.4 Å². The van der Waals surface area contributed by atoms with Crippen LogP contribution in [0.25, 0.3) is 0 Å². The Kier molecular flexibility index (Phi) is 5.45. The summed E-state index contributed by atoms with van der Waals surface area (Å²) in [6.45, 7) is 9.40. The van der Waals surface area contributed by atoms with Gasteiger partial charge in [-0.1, -0.05) is 0 Å². The molecule has 1 aliphatic rings. The SMILES string of the molecule is C[C@H](N)CCC1CCCN(C(=O)OC(C)(C)C)C1. The van der Waals surface area contributed by atoms with Gasteiger partial charge in [-0.3, -0.25) is 0 Å². The Bertz CT molecular complexity index is 271. The highest BCUT2D eigenvalue weighted by atomic mass is 16.6. The molecule has 106 valence electrons. The average Bonchev–Trinajstić information content (AvgIpc) is 2.24. The molecule has 0 spiro atoms. The van der Waals surface area contributed by atoms with Crippen molar-refractivity contribution in [2.24, 2.45) is 11.7 Å². The van der Waals surface area contributed by atoms with Crippen molar-refractivity contribution in [2.45, 2.75) is 65.0 Å². The van der Waals surface area contributed by atoms with Gasteiger partial charge in [0.05, 0.1) is 0 Å². The molecular formula is C14H28N2O2. The predicted octanol–water partition coefficient (Wildman–Crippen LogP) is 2.76. The third-order valence-corrected chi connectivity index (χ3v) is 3.20. The van der Waals surface area contributed by atoms with Gasteiger partial charge in [0.2, 0.25) is 0 Å². The zero-order valence-electron chi connectivity index (χ0n) is 12.2. The topological polar surface area (TPSA) is 55.6 Å². The van der Waals surface area contributed by atoms with E-state index in [9.17, 15) is 4.79 Å². The minimum absolute atomic E-state index is 0.173. The van der Waals surface area contributed by atoms with E-state index in [0.717, 1.165) is 32.4 Å². The molecule has 4 heteroatoms. The third-order valence-electron chi connectivity index (χ3n) is 3.20. The average molecular weight is 256 g/mol. The van der Waals surface area contributed by atoms with Crippen molar-refractivity contribution in [3.05, 3.63) is 0 Å². The van der Waals surface area contributed by atoms with Crippen LogP contribution in [0, 0.1) is 5.92 Å². The largest absolute Gasteiger partial charge is 0.444 e. The molecule has 18 heavy (non-hydrogen) atoms. The summed E-state index contributed by atoms with van der Waals surface area (Å²) in [7, 11) is 0. The number of carbonyl (C=O) groups is 1. The highest BCUT2D eigenvalue weighted by Gasteiger charge is 2.27. The van der Waals surface area contributed by atoms with E-state index in [-0.39, 0.29) is 12.1 Å². The van der Waals surface area contributed by atoms with Crippen molar-refractivity contribution in [3.8, 4) is 0 Å². The van der Waals surface area contributed by atoms with Gasteiger partial charge in [-0.2, -0.15) is 0 Å². The maximum atomic E-state index is 12.0. The minimum atomic E-state index is -0.407. The molecule has 1 saturated heterocycles. The first-order valence-electron chi connectivity index (χ1n) is 7.01. The van der Waals surface area contributed by atoms with Crippen LogP contribution in [-0.2, 0) is 4.74 Å². The zero-order valence-corrected chi connectivity index (χ0v) is 12.2. The van der Waals surface area contributed by atoms with Crippen LogP contribution in [0.15, 0.2) is 0 Å².